The van der Waals surface area contributed by atoms with E-state index in [1.807, 2.05) is 11.9 Å². The predicted molar refractivity (Wildman–Crippen MR) is 75.6 cm³/mol. The first kappa shape index (κ1) is 14.5. The van der Waals surface area contributed by atoms with Crippen molar-refractivity contribution in [2.75, 3.05) is 46.1 Å². The van der Waals surface area contributed by atoms with Gasteiger partial charge in [-0.25, -0.2) is 0 Å². The van der Waals surface area contributed by atoms with Gasteiger partial charge in [0, 0.05) is 32.4 Å². The van der Waals surface area contributed by atoms with Crippen LogP contribution in [0.4, 0.5) is 5.69 Å². The van der Waals surface area contributed by atoms with Crippen LogP contribution in [0, 0.1) is 0 Å². The lowest BCUT2D eigenvalue weighted by molar-refractivity contribution is 0.0636. The number of carbonyl (C=O) groups is 2. The molecule has 0 unspecified atom stereocenters. The molecule has 0 bridgehead atoms. The lowest BCUT2D eigenvalue weighted by atomic mass is 10.1. The molecule has 0 spiro atoms. The first-order valence-electron chi connectivity index (χ1n) is 6.47. The molecule has 1 aromatic carbocycles. The molecule has 1 aliphatic rings. The number of nitrogens with zero attached hydrogens (tertiary/aromatic N) is 2. The number of methoxy groups -OCH3 is 1. The number of carbonyl (C=O) groups excluding carboxylic acids is 2. The van der Waals surface area contributed by atoms with Crippen molar-refractivity contribution in [2.45, 2.75) is 0 Å². The van der Waals surface area contributed by atoms with E-state index in [9.17, 15) is 9.59 Å². The molecule has 0 fully saturated rings. The van der Waals surface area contributed by atoms with Gasteiger partial charge in [-0.3, -0.25) is 14.5 Å². The summed E-state index contributed by atoms with van der Waals surface area (Å²) in [5.41, 5.74) is 6.98. The minimum Gasteiger partial charge on any atom is -0.399 e. The van der Waals surface area contributed by atoms with Gasteiger partial charge < -0.3 is 15.4 Å². The van der Waals surface area contributed by atoms with E-state index in [1.54, 1.807) is 25.3 Å². The number of benzene rings is 1. The summed E-state index contributed by atoms with van der Waals surface area (Å²) < 4.78 is 4.99. The van der Waals surface area contributed by atoms with E-state index in [1.165, 1.54) is 4.90 Å². The summed E-state index contributed by atoms with van der Waals surface area (Å²) in [5.74, 6) is -0.511. The summed E-state index contributed by atoms with van der Waals surface area (Å²) in [6.45, 7) is 2.36. The van der Waals surface area contributed by atoms with E-state index in [-0.39, 0.29) is 11.8 Å². The van der Waals surface area contributed by atoms with E-state index < -0.39 is 0 Å². The quantitative estimate of drug-likeness (QED) is 0.603. The Hall–Kier alpha value is -1.92. The number of hydrogen-bond acceptors (Lipinski definition) is 5. The molecular weight excluding hydrogens is 258 g/mol. The van der Waals surface area contributed by atoms with Crippen LogP contribution in [0.3, 0.4) is 0 Å². The maximum Gasteiger partial charge on any atom is 0.261 e. The van der Waals surface area contributed by atoms with Crippen molar-refractivity contribution in [1.29, 1.82) is 0 Å². The Morgan fingerprint density at radius 2 is 1.90 bits per heavy atom. The number of nitrogen functional groups attached to an aromatic ring is 1. The highest BCUT2D eigenvalue weighted by Gasteiger charge is 2.35. The Morgan fingerprint density at radius 3 is 2.60 bits per heavy atom. The smallest absolute Gasteiger partial charge is 0.261 e. The fraction of sp³-hybridized carbons (Fsp3) is 0.429. The first-order valence-corrected chi connectivity index (χ1v) is 6.47. The second-order valence-corrected chi connectivity index (χ2v) is 4.86. The summed E-state index contributed by atoms with van der Waals surface area (Å²) in [7, 11) is 3.57. The molecule has 2 rings (SSSR count). The van der Waals surface area contributed by atoms with Crippen molar-refractivity contribution in [2.24, 2.45) is 0 Å². The van der Waals surface area contributed by atoms with E-state index >= 15 is 0 Å². The Morgan fingerprint density at radius 1 is 1.20 bits per heavy atom. The highest BCUT2D eigenvalue weighted by Crippen LogP contribution is 2.24. The van der Waals surface area contributed by atoms with Gasteiger partial charge in [-0.05, 0) is 25.2 Å². The molecule has 0 atom stereocenters. The van der Waals surface area contributed by atoms with E-state index in [0.29, 0.717) is 36.5 Å². The van der Waals surface area contributed by atoms with E-state index in [4.69, 9.17) is 10.5 Å². The van der Waals surface area contributed by atoms with Crippen LogP contribution in [0.25, 0.3) is 0 Å². The third kappa shape index (κ3) is 2.81. The van der Waals surface area contributed by atoms with Crippen LogP contribution in [-0.4, -0.2) is 62.0 Å². The summed E-state index contributed by atoms with van der Waals surface area (Å²) in [5, 5.41) is 0. The van der Waals surface area contributed by atoms with Crippen molar-refractivity contribution in [1.82, 2.24) is 9.80 Å². The predicted octanol–water partition coefficient (Wildman–Crippen LogP) is 0.443. The van der Waals surface area contributed by atoms with Crippen molar-refractivity contribution in [3.63, 3.8) is 0 Å². The number of fused-ring (bicyclic) bond motifs is 1. The largest absolute Gasteiger partial charge is 0.399 e. The monoisotopic (exact) mass is 277 g/mol. The van der Waals surface area contributed by atoms with Gasteiger partial charge in [0.25, 0.3) is 11.8 Å². The third-order valence-corrected chi connectivity index (χ3v) is 3.38. The SMILES string of the molecule is COCCN(C)CCN1C(=O)c2ccc(N)cc2C1=O. The van der Waals surface area contributed by atoms with Gasteiger partial charge in [-0.1, -0.05) is 0 Å². The molecule has 108 valence electrons. The van der Waals surface area contributed by atoms with Gasteiger partial charge in [0.15, 0.2) is 0 Å². The summed E-state index contributed by atoms with van der Waals surface area (Å²) in [4.78, 5) is 27.6. The Balaban J connectivity index is 2.02. The number of imide groups is 1. The van der Waals surface area contributed by atoms with Crippen molar-refractivity contribution in [3.05, 3.63) is 29.3 Å². The number of anilines is 1. The number of hydrogen-bond donors (Lipinski definition) is 1. The molecule has 1 aromatic rings. The van der Waals surface area contributed by atoms with Gasteiger partial charge >= 0.3 is 0 Å². The summed E-state index contributed by atoms with van der Waals surface area (Å²) >= 11 is 0. The summed E-state index contributed by atoms with van der Waals surface area (Å²) in [6.07, 6.45) is 0. The first-order chi connectivity index (χ1) is 9.54. The van der Waals surface area contributed by atoms with Crippen LogP contribution in [0.1, 0.15) is 20.7 Å². The normalized spacial score (nSPS) is 14.2. The zero-order chi connectivity index (χ0) is 14.7. The molecule has 2 N–H and O–H groups in total. The molecule has 0 radical (unpaired) electrons. The number of amides is 2. The van der Waals surface area contributed by atoms with E-state index in [0.717, 1.165) is 6.54 Å². The van der Waals surface area contributed by atoms with Gasteiger partial charge in [0.1, 0.15) is 0 Å². The van der Waals surface area contributed by atoms with Gasteiger partial charge in [-0.2, -0.15) is 0 Å². The molecule has 2 amide bonds. The lowest BCUT2D eigenvalue weighted by Crippen LogP contribution is -2.37. The average molecular weight is 277 g/mol. The number of nitrogens with two attached hydrogens (primary N) is 1. The molecule has 0 aromatic heterocycles. The minimum atomic E-state index is -0.266. The second-order valence-electron chi connectivity index (χ2n) is 4.86. The van der Waals surface area contributed by atoms with Crippen molar-refractivity contribution < 1.29 is 14.3 Å². The van der Waals surface area contributed by atoms with E-state index in [2.05, 4.69) is 0 Å². The van der Waals surface area contributed by atoms with Crippen LogP contribution < -0.4 is 5.73 Å². The standard InChI is InChI=1S/C14H19N3O3/c1-16(7-8-20-2)5-6-17-13(18)11-4-3-10(15)9-12(11)14(17)19/h3-4,9H,5-8,15H2,1-2H3. The highest BCUT2D eigenvalue weighted by molar-refractivity contribution is 6.21. The lowest BCUT2D eigenvalue weighted by Gasteiger charge is -2.20. The molecule has 20 heavy (non-hydrogen) atoms. The zero-order valence-corrected chi connectivity index (χ0v) is 11.8. The molecule has 1 heterocycles. The van der Waals surface area contributed by atoms with Gasteiger partial charge in [0.2, 0.25) is 0 Å². The fourth-order valence-corrected chi connectivity index (χ4v) is 2.14. The third-order valence-electron chi connectivity index (χ3n) is 3.38. The molecule has 1 aliphatic heterocycles. The topological polar surface area (TPSA) is 75.9 Å². The Kier molecular flexibility index (Phi) is 4.36. The molecule has 0 saturated heterocycles. The van der Waals surface area contributed by atoms with Crippen molar-refractivity contribution in [3.8, 4) is 0 Å². The van der Waals surface area contributed by atoms with Crippen LogP contribution >= 0.6 is 0 Å². The summed E-state index contributed by atoms with van der Waals surface area (Å²) in [6, 6.07) is 4.81. The molecule has 6 nitrogen and oxygen atoms in total. The van der Waals surface area contributed by atoms with Crippen molar-refractivity contribution >= 4 is 17.5 Å². The molecule has 0 aliphatic carbocycles. The number of likely N-dealkylation sites (N-methyl/N-ethyl adjacent to an activating group) is 1. The fourth-order valence-electron chi connectivity index (χ4n) is 2.14. The van der Waals surface area contributed by atoms with Gasteiger partial charge in [0.05, 0.1) is 17.7 Å². The number of ether oxygens (including phenoxy) is 1. The molecule has 6 heteroatoms. The Bertz CT molecular complexity index is 530. The molecule has 0 saturated carbocycles. The number of rotatable bonds is 6. The van der Waals surface area contributed by atoms with Gasteiger partial charge in [-0.15, -0.1) is 0 Å². The zero-order valence-electron chi connectivity index (χ0n) is 11.8. The Labute approximate surface area is 118 Å². The maximum absolute atomic E-state index is 12.2. The van der Waals surface area contributed by atoms with Crippen LogP contribution in [0.2, 0.25) is 0 Å². The highest BCUT2D eigenvalue weighted by atomic mass is 16.5. The van der Waals surface area contributed by atoms with Crippen LogP contribution in [0.15, 0.2) is 18.2 Å². The molecular formula is C14H19N3O3. The average Bonchev–Trinajstić information content (AvgIpc) is 2.66. The maximum atomic E-state index is 12.2. The van der Waals surface area contributed by atoms with Crippen LogP contribution in [0.5, 0.6) is 0 Å². The van der Waals surface area contributed by atoms with Crippen LogP contribution in [-0.2, 0) is 4.74 Å². The second kappa shape index (κ2) is 6.02. The minimum absolute atomic E-state index is 0.245.